The Bertz CT molecular complexity index is 1830. The summed E-state index contributed by atoms with van der Waals surface area (Å²) in [5, 5.41) is 4.28. The van der Waals surface area contributed by atoms with Crippen LogP contribution in [0, 0.1) is 12.7 Å². The molecule has 4 heterocycles. The maximum atomic E-state index is 15.1. The summed E-state index contributed by atoms with van der Waals surface area (Å²) >= 11 is 6.72. The number of nitrogens with zero attached hydrogens (tertiary/aromatic N) is 5. The molecule has 0 aliphatic carbocycles. The van der Waals surface area contributed by atoms with Crippen molar-refractivity contribution in [2.24, 2.45) is 0 Å². The zero-order valence-electron chi connectivity index (χ0n) is 23.9. The van der Waals surface area contributed by atoms with Gasteiger partial charge in [0, 0.05) is 57.4 Å². The number of halogens is 2. The molecule has 9 heteroatoms. The highest BCUT2D eigenvalue weighted by atomic mass is 35.5. The summed E-state index contributed by atoms with van der Waals surface area (Å²) in [6.45, 7) is 6.18. The molecule has 0 radical (unpaired) electrons. The SMILES string of the molecule is CCn1c(=O)c(-c2ccc(-c3ccc(C)nc3)cc2Cl)cc2cnc(Nc3ccc(C4CCN(C)CC4)c(F)c3)nc21. The van der Waals surface area contributed by atoms with Gasteiger partial charge in [-0.25, -0.2) is 9.37 Å². The van der Waals surface area contributed by atoms with Gasteiger partial charge in [0.2, 0.25) is 5.95 Å². The molecule has 214 valence electrons. The quantitative estimate of drug-likeness (QED) is 0.228. The average molecular weight is 583 g/mol. The van der Waals surface area contributed by atoms with Gasteiger partial charge in [-0.1, -0.05) is 35.9 Å². The molecule has 1 N–H and O–H groups in total. The maximum absolute atomic E-state index is 15.1. The molecule has 6 rings (SSSR count). The van der Waals surface area contributed by atoms with Gasteiger partial charge in [-0.05, 0) is 94.2 Å². The third-order valence-corrected chi connectivity index (χ3v) is 8.37. The molecule has 0 amide bonds. The van der Waals surface area contributed by atoms with Gasteiger partial charge in [0.25, 0.3) is 5.56 Å². The van der Waals surface area contributed by atoms with Crippen LogP contribution in [0.5, 0.6) is 0 Å². The fourth-order valence-corrected chi connectivity index (χ4v) is 5.92. The highest BCUT2D eigenvalue weighted by Crippen LogP contribution is 2.33. The van der Waals surface area contributed by atoms with Crippen LogP contribution in [0.4, 0.5) is 16.0 Å². The first-order chi connectivity index (χ1) is 20.3. The first-order valence-electron chi connectivity index (χ1n) is 14.2. The van der Waals surface area contributed by atoms with Gasteiger partial charge in [0.1, 0.15) is 11.5 Å². The van der Waals surface area contributed by atoms with Crippen LogP contribution in [0.1, 0.15) is 36.9 Å². The van der Waals surface area contributed by atoms with Crippen LogP contribution in [-0.4, -0.2) is 44.6 Å². The van der Waals surface area contributed by atoms with Crippen molar-refractivity contribution in [1.82, 2.24) is 24.4 Å². The van der Waals surface area contributed by atoms with E-state index in [1.54, 1.807) is 16.8 Å². The molecule has 0 saturated carbocycles. The molecule has 1 fully saturated rings. The number of piperidine rings is 1. The predicted octanol–water partition coefficient (Wildman–Crippen LogP) is 7.19. The molecule has 5 aromatic rings. The van der Waals surface area contributed by atoms with Gasteiger partial charge in [-0.2, -0.15) is 4.98 Å². The number of likely N-dealkylation sites (tertiary alicyclic amines) is 1. The van der Waals surface area contributed by atoms with Crippen molar-refractivity contribution in [1.29, 1.82) is 0 Å². The van der Waals surface area contributed by atoms with Crippen LogP contribution in [0.15, 0.2) is 71.8 Å². The van der Waals surface area contributed by atoms with Gasteiger partial charge in [0.05, 0.1) is 0 Å². The largest absolute Gasteiger partial charge is 0.324 e. The second-order valence-corrected chi connectivity index (χ2v) is 11.3. The van der Waals surface area contributed by atoms with E-state index in [9.17, 15) is 4.79 Å². The fraction of sp³-hybridized carbons (Fsp3) is 0.273. The van der Waals surface area contributed by atoms with Gasteiger partial charge in [-0.3, -0.25) is 14.3 Å². The van der Waals surface area contributed by atoms with Crippen LogP contribution < -0.4 is 10.9 Å². The number of hydrogen-bond donors (Lipinski definition) is 1. The molecule has 2 aromatic carbocycles. The molecule has 7 nitrogen and oxygen atoms in total. The summed E-state index contributed by atoms with van der Waals surface area (Å²) < 4.78 is 16.7. The molecule has 0 bridgehead atoms. The zero-order valence-corrected chi connectivity index (χ0v) is 24.6. The van der Waals surface area contributed by atoms with Crippen LogP contribution in [-0.2, 0) is 6.54 Å². The third-order valence-electron chi connectivity index (χ3n) is 8.06. The Labute approximate surface area is 249 Å². The lowest BCUT2D eigenvalue weighted by atomic mass is 9.89. The van der Waals surface area contributed by atoms with Crippen molar-refractivity contribution in [2.75, 3.05) is 25.5 Å². The monoisotopic (exact) mass is 582 g/mol. The number of rotatable bonds is 6. The standard InChI is InChI=1S/C33H32ClFN6O/c1-4-41-31-24(15-28(32(41)42)27-9-7-22(16-29(27)34)23-6-5-20(2)36-18-23)19-37-33(39-31)38-25-8-10-26(30(35)17-25)21-11-13-40(3)14-12-21/h5-10,15-19,21H,4,11-14H2,1-3H3,(H,37,38,39). The van der Waals surface area contributed by atoms with E-state index in [0.29, 0.717) is 39.4 Å². The lowest BCUT2D eigenvalue weighted by molar-refractivity contribution is 0.253. The number of benzene rings is 2. The van der Waals surface area contributed by atoms with E-state index in [1.165, 1.54) is 6.07 Å². The van der Waals surface area contributed by atoms with Crippen molar-refractivity contribution in [3.63, 3.8) is 0 Å². The summed E-state index contributed by atoms with van der Waals surface area (Å²) in [4.78, 5) is 29.4. The van der Waals surface area contributed by atoms with Crippen molar-refractivity contribution in [3.05, 3.63) is 99.4 Å². The minimum atomic E-state index is -0.230. The molecule has 42 heavy (non-hydrogen) atoms. The molecule has 0 atom stereocenters. The van der Waals surface area contributed by atoms with Crippen molar-refractivity contribution in [3.8, 4) is 22.3 Å². The molecule has 0 spiro atoms. The number of aryl methyl sites for hydroxylation is 2. The van der Waals surface area contributed by atoms with Crippen LogP contribution in [0.2, 0.25) is 5.02 Å². The van der Waals surface area contributed by atoms with Crippen molar-refractivity contribution >= 4 is 34.3 Å². The third kappa shape index (κ3) is 5.52. The lowest BCUT2D eigenvalue weighted by Gasteiger charge is -2.29. The lowest BCUT2D eigenvalue weighted by Crippen LogP contribution is -2.29. The minimum Gasteiger partial charge on any atom is -0.324 e. The maximum Gasteiger partial charge on any atom is 0.260 e. The Hall–Kier alpha value is -4.14. The number of pyridine rings is 2. The smallest absolute Gasteiger partial charge is 0.260 e. The van der Waals surface area contributed by atoms with Gasteiger partial charge in [0.15, 0.2) is 0 Å². The first-order valence-corrected chi connectivity index (χ1v) is 14.6. The van der Waals surface area contributed by atoms with E-state index in [-0.39, 0.29) is 23.2 Å². The second kappa shape index (κ2) is 11.6. The first kappa shape index (κ1) is 28.0. The summed E-state index contributed by atoms with van der Waals surface area (Å²) in [6.07, 6.45) is 5.37. The van der Waals surface area contributed by atoms with E-state index in [1.807, 2.05) is 62.5 Å². The van der Waals surface area contributed by atoms with Crippen LogP contribution in [0.3, 0.4) is 0 Å². The molecule has 3 aromatic heterocycles. The van der Waals surface area contributed by atoms with E-state index in [0.717, 1.165) is 48.3 Å². The summed E-state index contributed by atoms with van der Waals surface area (Å²) in [5.41, 5.74) is 5.51. The van der Waals surface area contributed by atoms with Crippen molar-refractivity contribution in [2.45, 2.75) is 39.2 Å². The number of hydrogen-bond acceptors (Lipinski definition) is 6. The molecule has 0 unspecified atom stereocenters. The highest BCUT2D eigenvalue weighted by Gasteiger charge is 2.21. The number of anilines is 2. The van der Waals surface area contributed by atoms with Gasteiger partial charge >= 0.3 is 0 Å². The summed E-state index contributed by atoms with van der Waals surface area (Å²) in [7, 11) is 2.10. The Balaban J connectivity index is 1.30. The molecule has 1 aliphatic heterocycles. The second-order valence-electron chi connectivity index (χ2n) is 10.9. The number of aromatic nitrogens is 4. The summed E-state index contributed by atoms with van der Waals surface area (Å²) in [6, 6.07) is 16.6. The highest BCUT2D eigenvalue weighted by molar-refractivity contribution is 6.33. The van der Waals surface area contributed by atoms with Gasteiger partial charge in [-0.15, -0.1) is 0 Å². The van der Waals surface area contributed by atoms with Crippen LogP contribution >= 0.6 is 11.6 Å². The average Bonchev–Trinajstić information content (AvgIpc) is 2.98. The number of nitrogens with one attached hydrogen (secondary N) is 1. The molecular formula is C33H32ClFN6O. The predicted molar refractivity (Wildman–Crippen MR) is 167 cm³/mol. The fourth-order valence-electron chi connectivity index (χ4n) is 5.64. The minimum absolute atomic E-state index is 0.199. The van der Waals surface area contributed by atoms with E-state index < -0.39 is 0 Å². The van der Waals surface area contributed by atoms with E-state index in [2.05, 4.69) is 32.2 Å². The Morgan fingerprint density at radius 2 is 1.76 bits per heavy atom. The van der Waals surface area contributed by atoms with E-state index in [4.69, 9.17) is 11.6 Å². The Kier molecular flexibility index (Phi) is 7.75. The van der Waals surface area contributed by atoms with E-state index >= 15 is 4.39 Å². The number of fused-ring (bicyclic) bond motifs is 1. The van der Waals surface area contributed by atoms with Crippen molar-refractivity contribution < 1.29 is 4.39 Å². The normalized spacial score (nSPS) is 14.4. The molecule has 1 saturated heterocycles. The van der Waals surface area contributed by atoms with Gasteiger partial charge < -0.3 is 10.2 Å². The Morgan fingerprint density at radius 3 is 2.45 bits per heavy atom. The molecule has 1 aliphatic rings. The topological polar surface area (TPSA) is 75.9 Å². The zero-order chi connectivity index (χ0) is 29.4. The van der Waals surface area contributed by atoms with Crippen LogP contribution in [0.25, 0.3) is 33.3 Å². The Morgan fingerprint density at radius 1 is 0.976 bits per heavy atom. The molecular weight excluding hydrogens is 551 g/mol. The summed E-state index contributed by atoms with van der Waals surface area (Å²) in [5.74, 6) is 0.286.